The zero-order chi connectivity index (χ0) is 12.7. The van der Waals surface area contributed by atoms with Gasteiger partial charge in [0.1, 0.15) is 6.61 Å². The van der Waals surface area contributed by atoms with Gasteiger partial charge in [0.2, 0.25) is 0 Å². The topological polar surface area (TPSA) is 24.5 Å². The molecule has 0 radical (unpaired) electrons. The second-order valence-electron chi connectivity index (χ2n) is 4.95. The van der Waals surface area contributed by atoms with Gasteiger partial charge in [-0.2, -0.15) is 0 Å². The van der Waals surface area contributed by atoms with Crippen molar-refractivity contribution in [3.63, 3.8) is 0 Å². The quantitative estimate of drug-likeness (QED) is 0.793. The molecule has 1 aromatic rings. The molecule has 1 N–H and O–H groups in total. The number of aryl methyl sites for hydroxylation is 1. The maximum absolute atomic E-state index is 14.2. The Morgan fingerprint density at radius 3 is 3.22 bits per heavy atom. The number of benzene rings is 1. The van der Waals surface area contributed by atoms with E-state index in [2.05, 4.69) is 26.1 Å². The van der Waals surface area contributed by atoms with Crippen LogP contribution >= 0.6 is 15.9 Å². The predicted octanol–water partition coefficient (Wildman–Crippen LogP) is 2.06. The molecule has 0 aliphatic carbocycles. The highest BCUT2D eigenvalue weighted by Gasteiger charge is 2.29. The lowest BCUT2D eigenvalue weighted by atomic mass is 10.1. The van der Waals surface area contributed by atoms with Crippen LogP contribution in [0.5, 0.6) is 5.75 Å². The van der Waals surface area contributed by atoms with Crippen molar-refractivity contribution < 1.29 is 9.13 Å². The third-order valence-electron chi connectivity index (χ3n) is 3.69. The van der Waals surface area contributed by atoms with Crippen molar-refractivity contribution >= 4 is 15.9 Å². The molecule has 0 saturated carbocycles. The van der Waals surface area contributed by atoms with Crippen molar-refractivity contribution in [2.24, 2.45) is 0 Å². The molecule has 18 heavy (non-hydrogen) atoms. The van der Waals surface area contributed by atoms with E-state index in [1.807, 2.05) is 13.0 Å². The summed E-state index contributed by atoms with van der Waals surface area (Å²) in [5, 5.41) is 3.35. The summed E-state index contributed by atoms with van der Waals surface area (Å²) >= 11 is 3.28. The first-order chi connectivity index (χ1) is 8.66. The fourth-order valence-corrected chi connectivity index (χ4v) is 2.95. The molecule has 1 atom stereocenters. The summed E-state index contributed by atoms with van der Waals surface area (Å²) in [5.74, 6) is 0.152. The third kappa shape index (κ3) is 2.04. The van der Waals surface area contributed by atoms with Gasteiger partial charge in [0.15, 0.2) is 11.6 Å². The Kier molecular flexibility index (Phi) is 3.30. The molecule has 2 aliphatic rings. The first-order valence-electron chi connectivity index (χ1n) is 6.22. The van der Waals surface area contributed by atoms with Crippen LogP contribution in [0.25, 0.3) is 0 Å². The van der Waals surface area contributed by atoms with Crippen molar-refractivity contribution in [3.05, 3.63) is 27.5 Å². The monoisotopic (exact) mass is 314 g/mol. The van der Waals surface area contributed by atoms with Crippen LogP contribution in [0.2, 0.25) is 0 Å². The van der Waals surface area contributed by atoms with Crippen molar-refractivity contribution in [3.8, 4) is 5.75 Å². The van der Waals surface area contributed by atoms with Crippen LogP contribution in [0.15, 0.2) is 10.5 Å². The van der Waals surface area contributed by atoms with E-state index in [0.717, 1.165) is 37.3 Å². The number of hydrogen-bond acceptors (Lipinski definition) is 3. The molecule has 2 heterocycles. The van der Waals surface area contributed by atoms with Gasteiger partial charge in [0.05, 0.1) is 10.5 Å². The lowest BCUT2D eigenvalue weighted by Gasteiger charge is -2.33. The van der Waals surface area contributed by atoms with Gasteiger partial charge in [-0.1, -0.05) is 0 Å². The normalized spacial score (nSPS) is 23.8. The van der Waals surface area contributed by atoms with E-state index in [1.54, 1.807) is 0 Å². The van der Waals surface area contributed by atoms with Gasteiger partial charge in [0, 0.05) is 31.7 Å². The molecular formula is C13H16BrFN2O. The number of piperazine rings is 1. The third-order valence-corrected chi connectivity index (χ3v) is 4.66. The Morgan fingerprint density at radius 2 is 2.39 bits per heavy atom. The van der Waals surface area contributed by atoms with Crippen LogP contribution in [0.3, 0.4) is 0 Å². The van der Waals surface area contributed by atoms with E-state index in [1.165, 1.54) is 0 Å². The van der Waals surface area contributed by atoms with Crippen LogP contribution in [-0.4, -0.2) is 37.2 Å². The lowest BCUT2D eigenvalue weighted by Crippen LogP contribution is -2.52. The van der Waals surface area contributed by atoms with Crippen molar-refractivity contribution in [2.75, 3.05) is 26.2 Å². The van der Waals surface area contributed by atoms with E-state index >= 15 is 0 Å². The second kappa shape index (κ2) is 4.79. The van der Waals surface area contributed by atoms with Crippen LogP contribution in [0.1, 0.15) is 11.1 Å². The average molecular weight is 315 g/mol. The molecule has 0 unspecified atom stereocenters. The van der Waals surface area contributed by atoms with Gasteiger partial charge in [0.25, 0.3) is 0 Å². The molecule has 1 fully saturated rings. The number of rotatable bonds is 0. The lowest BCUT2D eigenvalue weighted by molar-refractivity contribution is 0.119. The highest BCUT2D eigenvalue weighted by molar-refractivity contribution is 9.10. The fraction of sp³-hybridized carbons (Fsp3) is 0.538. The average Bonchev–Trinajstić information content (AvgIpc) is 2.55. The zero-order valence-corrected chi connectivity index (χ0v) is 11.9. The van der Waals surface area contributed by atoms with E-state index < -0.39 is 0 Å². The molecule has 3 nitrogen and oxygen atoms in total. The minimum absolute atomic E-state index is 0.266. The van der Waals surface area contributed by atoms with Gasteiger partial charge in [-0.3, -0.25) is 4.90 Å². The van der Waals surface area contributed by atoms with Gasteiger partial charge in [-0.05, 0) is 34.5 Å². The number of ether oxygens (including phenoxy) is 1. The van der Waals surface area contributed by atoms with E-state index in [0.29, 0.717) is 22.9 Å². The summed E-state index contributed by atoms with van der Waals surface area (Å²) in [6.45, 7) is 6.12. The van der Waals surface area contributed by atoms with Gasteiger partial charge >= 0.3 is 0 Å². The standard InChI is InChI=1S/C13H16BrFN2O/c1-8-4-9-6-17-3-2-16-5-10(17)7-18-13(9)12(15)11(8)14/h4,10,16H,2-3,5-7H2,1H3/t10-/m1/s1. The first kappa shape index (κ1) is 12.4. The summed E-state index contributed by atoms with van der Waals surface area (Å²) in [6.07, 6.45) is 0. The van der Waals surface area contributed by atoms with Gasteiger partial charge < -0.3 is 10.1 Å². The summed E-state index contributed by atoms with van der Waals surface area (Å²) in [6, 6.07) is 2.36. The van der Waals surface area contributed by atoms with E-state index in [-0.39, 0.29) is 5.82 Å². The highest BCUT2D eigenvalue weighted by atomic mass is 79.9. The summed E-state index contributed by atoms with van der Waals surface area (Å²) in [4.78, 5) is 2.37. The molecule has 5 heteroatoms. The molecule has 98 valence electrons. The van der Waals surface area contributed by atoms with Crippen LogP contribution in [0.4, 0.5) is 4.39 Å². The molecule has 0 bridgehead atoms. The molecule has 0 aromatic heterocycles. The largest absolute Gasteiger partial charge is 0.488 e. The van der Waals surface area contributed by atoms with Gasteiger partial charge in [-0.15, -0.1) is 0 Å². The molecule has 1 saturated heterocycles. The number of fused-ring (bicyclic) bond motifs is 2. The van der Waals surface area contributed by atoms with Gasteiger partial charge in [-0.25, -0.2) is 4.39 Å². The number of nitrogens with zero attached hydrogens (tertiary/aromatic N) is 1. The molecule has 0 amide bonds. The number of nitrogens with one attached hydrogen (secondary N) is 1. The minimum Gasteiger partial charge on any atom is -0.488 e. The molecular weight excluding hydrogens is 299 g/mol. The highest BCUT2D eigenvalue weighted by Crippen LogP contribution is 2.35. The molecule has 2 aliphatic heterocycles. The van der Waals surface area contributed by atoms with Crippen molar-refractivity contribution in [2.45, 2.75) is 19.5 Å². The number of hydrogen-bond donors (Lipinski definition) is 1. The molecule has 1 aromatic carbocycles. The number of halogens is 2. The predicted molar refractivity (Wildman–Crippen MR) is 71.4 cm³/mol. The smallest absolute Gasteiger partial charge is 0.179 e. The van der Waals surface area contributed by atoms with Crippen LogP contribution < -0.4 is 10.1 Å². The maximum atomic E-state index is 14.2. The first-order valence-corrected chi connectivity index (χ1v) is 7.01. The zero-order valence-electron chi connectivity index (χ0n) is 10.3. The Labute approximate surface area is 114 Å². The molecule has 3 rings (SSSR count). The Bertz CT molecular complexity index is 481. The fourth-order valence-electron chi connectivity index (χ4n) is 2.65. The maximum Gasteiger partial charge on any atom is 0.179 e. The summed E-state index contributed by atoms with van der Waals surface area (Å²) in [5.41, 5.74) is 1.88. The Morgan fingerprint density at radius 1 is 1.56 bits per heavy atom. The minimum atomic E-state index is -0.266. The second-order valence-corrected chi connectivity index (χ2v) is 5.74. The van der Waals surface area contributed by atoms with Crippen LogP contribution in [0, 0.1) is 12.7 Å². The molecule has 0 spiro atoms. The Hall–Kier alpha value is -0.650. The van der Waals surface area contributed by atoms with E-state index in [4.69, 9.17) is 4.74 Å². The summed E-state index contributed by atoms with van der Waals surface area (Å²) in [7, 11) is 0. The summed E-state index contributed by atoms with van der Waals surface area (Å²) < 4.78 is 20.4. The van der Waals surface area contributed by atoms with E-state index in [9.17, 15) is 4.39 Å². The van der Waals surface area contributed by atoms with Crippen molar-refractivity contribution in [1.82, 2.24) is 10.2 Å². The van der Waals surface area contributed by atoms with Crippen molar-refractivity contribution in [1.29, 1.82) is 0 Å². The van der Waals surface area contributed by atoms with Crippen LogP contribution in [-0.2, 0) is 6.54 Å². The Balaban J connectivity index is 1.99. The SMILES string of the molecule is Cc1cc2c(c(F)c1Br)OC[C@H]1CNCCN1C2.